The van der Waals surface area contributed by atoms with Crippen molar-refractivity contribution >= 4 is 33.1 Å². The van der Waals surface area contributed by atoms with Crippen LogP contribution in [0.5, 0.6) is 11.6 Å². The van der Waals surface area contributed by atoms with E-state index < -0.39 is 10.0 Å². The number of benzene rings is 2. The number of sulfonamides is 1. The van der Waals surface area contributed by atoms with Crippen LogP contribution in [-0.4, -0.2) is 55.0 Å². The van der Waals surface area contributed by atoms with Crippen LogP contribution >= 0.6 is 11.6 Å². The predicted octanol–water partition coefficient (Wildman–Crippen LogP) is 4.71. The van der Waals surface area contributed by atoms with E-state index in [1.807, 2.05) is 38.1 Å². The maximum absolute atomic E-state index is 11.7. The first-order chi connectivity index (χ1) is 18.1. The van der Waals surface area contributed by atoms with Crippen LogP contribution in [-0.2, 0) is 16.6 Å². The first kappa shape index (κ1) is 27.4. The number of hydrogen-bond donors (Lipinski definition) is 1. The van der Waals surface area contributed by atoms with Gasteiger partial charge in [0.2, 0.25) is 15.9 Å². The maximum Gasteiger partial charge on any atom is 0.240 e. The Labute approximate surface area is 227 Å². The van der Waals surface area contributed by atoms with Crippen LogP contribution in [0, 0.1) is 36.5 Å². The Morgan fingerprint density at radius 2 is 1.66 bits per heavy atom. The molecule has 1 aromatic heterocycles. The molecular formula is C27H27ClN6O3S. The monoisotopic (exact) mass is 550 g/mol. The average molecular weight is 551 g/mol. The maximum atomic E-state index is 11.7. The van der Waals surface area contributed by atoms with E-state index in [1.54, 1.807) is 12.1 Å². The van der Waals surface area contributed by atoms with Crippen LogP contribution in [0.4, 0.5) is 11.5 Å². The molecule has 0 unspecified atom stereocenters. The van der Waals surface area contributed by atoms with Crippen LogP contribution in [0.3, 0.4) is 0 Å². The first-order valence-electron chi connectivity index (χ1n) is 11.9. The van der Waals surface area contributed by atoms with Gasteiger partial charge in [0.1, 0.15) is 16.8 Å². The van der Waals surface area contributed by atoms with Gasteiger partial charge >= 0.3 is 0 Å². The number of halogens is 1. The van der Waals surface area contributed by atoms with Crippen molar-refractivity contribution in [2.24, 2.45) is 0 Å². The van der Waals surface area contributed by atoms with E-state index in [9.17, 15) is 18.9 Å². The minimum Gasteiger partial charge on any atom is -0.437 e. The number of anilines is 2. The van der Waals surface area contributed by atoms with Crippen molar-refractivity contribution in [2.75, 3.05) is 37.8 Å². The molecule has 4 rings (SSSR count). The van der Waals surface area contributed by atoms with Gasteiger partial charge in [0.15, 0.2) is 5.82 Å². The van der Waals surface area contributed by atoms with Crippen molar-refractivity contribution in [2.45, 2.75) is 20.4 Å². The third-order valence-corrected chi connectivity index (χ3v) is 7.85. The van der Waals surface area contributed by atoms with E-state index in [-0.39, 0.29) is 16.5 Å². The molecule has 1 fully saturated rings. The fourth-order valence-electron chi connectivity index (χ4n) is 4.30. The van der Waals surface area contributed by atoms with Gasteiger partial charge in [-0.15, -0.1) is 0 Å². The molecule has 11 heteroatoms. The quantitative estimate of drug-likeness (QED) is 0.449. The number of hydrogen-bond acceptors (Lipinski definition) is 8. The fourth-order valence-corrected chi connectivity index (χ4v) is 5.32. The van der Waals surface area contributed by atoms with Crippen molar-refractivity contribution in [3.63, 3.8) is 0 Å². The summed E-state index contributed by atoms with van der Waals surface area (Å²) in [6.07, 6.45) is 1.24. The number of nitriles is 2. The minimum atomic E-state index is -3.15. The van der Waals surface area contributed by atoms with Gasteiger partial charge in [0.05, 0.1) is 23.5 Å². The second kappa shape index (κ2) is 11.4. The standard InChI is InChI=1S/C27H27ClN6O3S/c1-18-12-21(15-29)13-19(2)25(18)37-27-24(28)14-22(16-30)26(32-27)31-23-6-4-20(5-7-23)17-33-8-10-34(11-9-33)38(3,35)36/h4-7,12-14H,8-11,17H2,1-3H3,(H,31,32). The van der Waals surface area contributed by atoms with Crippen molar-refractivity contribution in [1.29, 1.82) is 10.5 Å². The van der Waals surface area contributed by atoms with Crippen molar-refractivity contribution in [1.82, 2.24) is 14.2 Å². The van der Waals surface area contributed by atoms with Crippen LogP contribution in [0.25, 0.3) is 0 Å². The van der Waals surface area contributed by atoms with Crippen molar-refractivity contribution in [3.8, 4) is 23.8 Å². The summed E-state index contributed by atoms with van der Waals surface area (Å²) in [5.74, 6) is 1.00. The first-order valence-corrected chi connectivity index (χ1v) is 14.1. The number of rotatable bonds is 7. The summed E-state index contributed by atoms with van der Waals surface area (Å²) < 4.78 is 31.0. The van der Waals surface area contributed by atoms with Gasteiger partial charge in [0, 0.05) is 38.4 Å². The smallest absolute Gasteiger partial charge is 0.240 e. The van der Waals surface area contributed by atoms with E-state index >= 15 is 0 Å². The van der Waals surface area contributed by atoms with Crippen LogP contribution in [0.15, 0.2) is 42.5 Å². The number of nitrogens with zero attached hydrogens (tertiary/aromatic N) is 5. The van der Waals surface area contributed by atoms with Crippen molar-refractivity contribution in [3.05, 3.63) is 75.3 Å². The highest BCUT2D eigenvalue weighted by molar-refractivity contribution is 7.88. The molecule has 1 saturated heterocycles. The largest absolute Gasteiger partial charge is 0.437 e. The molecular weight excluding hydrogens is 524 g/mol. The Balaban J connectivity index is 1.48. The normalized spacial score (nSPS) is 14.5. The lowest BCUT2D eigenvalue weighted by Gasteiger charge is -2.33. The zero-order valence-corrected chi connectivity index (χ0v) is 22.9. The minimum absolute atomic E-state index is 0.147. The fraction of sp³-hybridized carbons (Fsp3) is 0.296. The molecule has 1 N–H and O–H groups in total. The Morgan fingerprint density at radius 1 is 1.03 bits per heavy atom. The molecule has 0 saturated carbocycles. The lowest BCUT2D eigenvalue weighted by Crippen LogP contribution is -2.47. The Hall–Kier alpha value is -3.67. The molecule has 2 aromatic carbocycles. The average Bonchev–Trinajstić information content (AvgIpc) is 2.88. The summed E-state index contributed by atoms with van der Waals surface area (Å²) in [6, 6.07) is 17.0. The van der Waals surface area contributed by atoms with Gasteiger partial charge in [-0.25, -0.2) is 8.42 Å². The molecule has 0 spiro atoms. The number of aromatic nitrogens is 1. The third-order valence-electron chi connectivity index (χ3n) is 6.28. The van der Waals surface area contributed by atoms with Gasteiger partial charge in [-0.05, 0) is 60.9 Å². The lowest BCUT2D eigenvalue weighted by atomic mass is 10.1. The van der Waals surface area contributed by atoms with E-state index in [1.165, 1.54) is 16.6 Å². The SMILES string of the molecule is Cc1cc(C#N)cc(C)c1Oc1nc(Nc2ccc(CN3CCN(S(C)(=O)=O)CC3)cc2)c(C#N)cc1Cl. The molecule has 38 heavy (non-hydrogen) atoms. The number of nitrogens with one attached hydrogen (secondary N) is 1. The lowest BCUT2D eigenvalue weighted by molar-refractivity contribution is 0.182. The summed E-state index contributed by atoms with van der Waals surface area (Å²) in [5.41, 5.74) is 4.16. The molecule has 196 valence electrons. The Morgan fingerprint density at radius 3 is 2.21 bits per heavy atom. The van der Waals surface area contributed by atoms with Gasteiger partial charge in [-0.3, -0.25) is 4.90 Å². The summed E-state index contributed by atoms with van der Waals surface area (Å²) in [5, 5.41) is 22.2. The molecule has 0 radical (unpaired) electrons. The topological polar surface area (TPSA) is 122 Å². The second-order valence-electron chi connectivity index (χ2n) is 9.20. The summed E-state index contributed by atoms with van der Waals surface area (Å²) >= 11 is 6.38. The highest BCUT2D eigenvalue weighted by atomic mass is 35.5. The zero-order chi connectivity index (χ0) is 27.4. The second-order valence-corrected chi connectivity index (χ2v) is 11.6. The summed E-state index contributed by atoms with van der Waals surface area (Å²) in [6.45, 7) is 6.72. The summed E-state index contributed by atoms with van der Waals surface area (Å²) in [7, 11) is -3.15. The molecule has 2 heterocycles. The van der Waals surface area contributed by atoms with E-state index in [0.29, 0.717) is 49.9 Å². The number of piperazine rings is 1. The van der Waals surface area contributed by atoms with Crippen molar-refractivity contribution < 1.29 is 13.2 Å². The van der Waals surface area contributed by atoms with Crippen LogP contribution in [0.1, 0.15) is 27.8 Å². The molecule has 1 aliphatic rings. The highest BCUT2D eigenvalue weighted by Gasteiger charge is 2.23. The van der Waals surface area contributed by atoms with Crippen LogP contribution < -0.4 is 10.1 Å². The van der Waals surface area contributed by atoms with E-state index in [2.05, 4.69) is 27.3 Å². The predicted molar refractivity (Wildman–Crippen MR) is 146 cm³/mol. The molecule has 3 aromatic rings. The highest BCUT2D eigenvalue weighted by Crippen LogP contribution is 2.35. The van der Waals surface area contributed by atoms with Gasteiger partial charge in [0.25, 0.3) is 0 Å². The molecule has 1 aliphatic heterocycles. The summed E-state index contributed by atoms with van der Waals surface area (Å²) in [4.78, 5) is 6.70. The number of ether oxygens (including phenoxy) is 1. The van der Waals surface area contributed by atoms with Gasteiger partial charge in [-0.2, -0.15) is 19.8 Å². The number of aryl methyl sites for hydroxylation is 2. The van der Waals surface area contributed by atoms with E-state index in [4.69, 9.17) is 16.3 Å². The van der Waals surface area contributed by atoms with Gasteiger partial charge < -0.3 is 10.1 Å². The molecule has 9 nitrogen and oxygen atoms in total. The Kier molecular flexibility index (Phi) is 8.20. The zero-order valence-electron chi connectivity index (χ0n) is 21.3. The van der Waals surface area contributed by atoms with Gasteiger partial charge in [-0.1, -0.05) is 23.7 Å². The van der Waals surface area contributed by atoms with Crippen LogP contribution in [0.2, 0.25) is 5.02 Å². The molecule has 0 aliphatic carbocycles. The molecule has 0 atom stereocenters. The molecule has 0 bridgehead atoms. The number of pyridine rings is 1. The third kappa shape index (κ3) is 6.42. The Bertz CT molecular complexity index is 1510. The van der Waals surface area contributed by atoms with E-state index in [0.717, 1.165) is 22.4 Å². The molecule has 0 amide bonds.